The number of imide groups is 1. The maximum absolute atomic E-state index is 12.6. The van der Waals surface area contributed by atoms with Crippen molar-refractivity contribution >= 4 is 51.1 Å². The number of rotatable bonds is 4. The molecule has 0 atom stereocenters. The summed E-state index contributed by atoms with van der Waals surface area (Å²) in [7, 11) is 1.33. The van der Waals surface area contributed by atoms with Crippen LogP contribution >= 0.6 is 23.1 Å². The van der Waals surface area contributed by atoms with Gasteiger partial charge in [0.15, 0.2) is 0 Å². The summed E-state index contributed by atoms with van der Waals surface area (Å²) in [4.78, 5) is 48.4. The molecule has 0 saturated carbocycles. The first-order chi connectivity index (χ1) is 13.4. The highest BCUT2D eigenvalue weighted by atomic mass is 32.2. The molecule has 1 aliphatic rings. The van der Waals surface area contributed by atoms with Gasteiger partial charge in [-0.05, 0) is 31.5 Å². The largest absolute Gasteiger partial charge is 0.465 e. The van der Waals surface area contributed by atoms with E-state index >= 15 is 0 Å². The highest BCUT2D eigenvalue weighted by molar-refractivity contribution is 7.99. The lowest BCUT2D eigenvalue weighted by atomic mass is 10.1. The number of fused-ring (bicyclic) bond motifs is 2. The van der Waals surface area contributed by atoms with Crippen LogP contribution in [-0.4, -0.2) is 45.6 Å². The Kier molecular flexibility index (Phi) is 4.64. The molecule has 2 aromatic heterocycles. The predicted molar refractivity (Wildman–Crippen MR) is 106 cm³/mol. The maximum atomic E-state index is 12.6. The van der Waals surface area contributed by atoms with Gasteiger partial charge in [0.25, 0.3) is 11.8 Å². The second-order valence-corrected chi connectivity index (χ2v) is 8.09. The Morgan fingerprint density at radius 2 is 1.79 bits per heavy atom. The monoisotopic (exact) mass is 413 g/mol. The van der Waals surface area contributed by atoms with Crippen molar-refractivity contribution in [2.75, 3.05) is 13.0 Å². The lowest BCUT2D eigenvalue weighted by molar-refractivity contribution is 0.0604. The molecule has 0 aliphatic carbocycles. The summed E-state index contributed by atoms with van der Waals surface area (Å²) in [5.74, 6) is -0.370. The second-order valence-electron chi connectivity index (χ2n) is 6.16. The summed E-state index contributed by atoms with van der Waals surface area (Å²) in [6.45, 7) is 3.58. The van der Waals surface area contributed by atoms with Gasteiger partial charge in [-0.25, -0.2) is 14.8 Å². The van der Waals surface area contributed by atoms with E-state index in [0.717, 1.165) is 10.9 Å². The van der Waals surface area contributed by atoms with Crippen LogP contribution in [0.5, 0.6) is 0 Å². The van der Waals surface area contributed by atoms with Crippen LogP contribution in [0.3, 0.4) is 0 Å². The highest BCUT2D eigenvalue weighted by Gasteiger charge is 2.35. The van der Waals surface area contributed by atoms with Gasteiger partial charge in [0.1, 0.15) is 20.6 Å². The minimum atomic E-state index is -0.422. The number of aromatic nitrogens is 2. The SMILES string of the molecule is COC(=O)c1sc2nc(C)nc(SCN3C(=O)c4ccccc4C3=O)c2c1C. The molecule has 7 nitrogen and oxygen atoms in total. The number of ether oxygens (including phenoxy) is 1. The lowest BCUT2D eigenvalue weighted by Crippen LogP contribution is -2.29. The van der Waals surface area contributed by atoms with E-state index in [2.05, 4.69) is 9.97 Å². The summed E-state index contributed by atoms with van der Waals surface area (Å²) in [6, 6.07) is 6.78. The standard InChI is InChI=1S/C19H15N3O4S2/c1-9-13-15(20-10(2)21-16(13)28-14(9)19(25)26-3)27-8-22-17(23)11-6-4-5-7-12(11)18(22)24/h4-7H,8H2,1-3H3. The third-order valence-corrected chi connectivity index (χ3v) is 6.57. The van der Waals surface area contributed by atoms with E-state index in [4.69, 9.17) is 4.74 Å². The number of amides is 2. The topological polar surface area (TPSA) is 89.5 Å². The maximum Gasteiger partial charge on any atom is 0.348 e. The van der Waals surface area contributed by atoms with Gasteiger partial charge in [0.05, 0.1) is 24.1 Å². The summed E-state index contributed by atoms with van der Waals surface area (Å²) < 4.78 is 4.84. The van der Waals surface area contributed by atoms with Crippen LogP contribution in [0.4, 0.5) is 0 Å². The van der Waals surface area contributed by atoms with Crippen molar-refractivity contribution in [3.8, 4) is 0 Å². The molecular formula is C19H15N3O4S2. The van der Waals surface area contributed by atoms with E-state index in [0.29, 0.717) is 31.7 Å². The first-order valence-electron chi connectivity index (χ1n) is 8.36. The van der Waals surface area contributed by atoms with Crippen LogP contribution in [0, 0.1) is 13.8 Å². The van der Waals surface area contributed by atoms with Crippen molar-refractivity contribution in [3.63, 3.8) is 0 Å². The molecule has 4 rings (SSSR count). The molecule has 2 amide bonds. The Morgan fingerprint density at radius 3 is 2.39 bits per heavy atom. The van der Waals surface area contributed by atoms with E-state index in [9.17, 15) is 14.4 Å². The Bertz CT molecular complexity index is 1120. The Balaban J connectivity index is 1.68. The highest BCUT2D eigenvalue weighted by Crippen LogP contribution is 2.37. The number of aryl methyl sites for hydroxylation is 2. The Hall–Kier alpha value is -2.78. The lowest BCUT2D eigenvalue weighted by Gasteiger charge is -2.13. The van der Waals surface area contributed by atoms with Gasteiger partial charge in [-0.1, -0.05) is 23.9 Å². The van der Waals surface area contributed by atoms with Crippen LogP contribution in [0.1, 0.15) is 41.8 Å². The molecule has 0 fully saturated rings. The van der Waals surface area contributed by atoms with Crippen molar-refractivity contribution in [2.45, 2.75) is 18.9 Å². The number of hydrogen-bond acceptors (Lipinski definition) is 8. The van der Waals surface area contributed by atoms with Gasteiger partial charge < -0.3 is 4.74 Å². The summed E-state index contributed by atoms with van der Waals surface area (Å²) in [5.41, 5.74) is 1.56. The smallest absolute Gasteiger partial charge is 0.348 e. The van der Waals surface area contributed by atoms with Gasteiger partial charge in [-0.3, -0.25) is 14.5 Å². The quantitative estimate of drug-likeness (QED) is 0.280. The van der Waals surface area contributed by atoms with E-state index in [1.54, 1.807) is 31.2 Å². The van der Waals surface area contributed by atoms with Crippen molar-refractivity contribution in [2.24, 2.45) is 0 Å². The van der Waals surface area contributed by atoms with Gasteiger partial charge in [-0.2, -0.15) is 0 Å². The van der Waals surface area contributed by atoms with Crippen molar-refractivity contribution in [1.29, 1.82) is 0 Å². The third-order valence-electron chi connectivity index (χ3n) is 4.45. The van der Waals surface area contributed by atoms with Crippen LogP contribution < -0.4 is 0 Å². The fourth-order valence-corrected chi connectivity index (χ4v) is 5.36. The molecule has 1 aromatic carbocycles. The van der Waals surface area contributed by atoms with Gasteiger partial charge in [0, 0.05) is 5.39 Å². The van der Waals surface area contributed by atoms with Crippen molar-refractivity contribution in [3.05, 3.63) is 51.7 Å². The Morgan fingerprint density at radius 1 is 1.14 bits per heavy atom. The molecule has 0 radical (unpaired) electrons. The van der Waals surface area contributed by atoms with Crippen LogP contribution in [0.25, 0.3) is 10.2 Å². The zero-order chi connectivity index (χ0) is 20.0. The normalized spacial score (nSPS) is 13.3. The zero-order valence-corrected chi connectivity index (χ0v) is 16.9. The summed E-state index contributed by atoms with van der Waals surface area (Å²) in [5, 5.41) is 1.38. The number of carbonyl (C=O) groups is 3. The van der Waals surface area contributed by atoms with Crippen LogP contribution in [-0.2, 0) is 4.74 Å². The number of thiophene rings is 1. The number of methoxy groups -OCH3 is 1. The molecule has 142 valence electrons. The van der Waals surface area contributed by atoms with E-state index in [1.165, 1.54) is 35.1 Å². The molecule has 0 N–H and O–H groups in total. The molecule has 0 saturated heterocycles. The summed E-state index contributed by atoms with van der Waals surface area (Å²) >= 11 is 2.52. The molecular weight excluding hydrogens is 398 g/mol. The molecule has 0 spiro atoms. The number of hydrogen-bond donors (Lipinski definition) is 0. The van der Waals surface area contributed by atoms with Crippen molar-refractivity contribution in [1.82, 2.24) is 14.9 Å². The molecule has 28 heavy (non-hydrogen) atoms. The number of carbonyl (C=O) groups excluding carboxylic acids is 3. The van der Waals surface area contributed by atoms with Crippen molar-refractivity contribution < 1.29 is 19.1 Å². The number of thioether (sulfide) groups is 1. The molecule has 3 heterocycles. The van der Waals surface area contributed by atoms with Gasteiger partial charge in [-0.15, -0.1) is 11.3 Å². The Labute approximate surface area is 168 Å². The number of benzene rings is 1. The zero-order valence-electron chi connectivity index (χ0n) is 15.3. The molecule has 1 aliphatic heterocycles. The minimum Gasteiger partial charge on any atom is -0.465 e. The van der Waals surface area contributed by atoms with Crippen LogP contribution in [0.15, 0.2) is 29.3 Å². The number of nitrogens with zero attached hydrogens (tertiary/aromatic N) is 3. The molecule has 9 heteroatoms. The predicted octanol–water partition coefficient (Wildman–Crippen LogP) is 3.44. The summed E-state index contributed by atoms with van der Waals surface area (Å²) in [6.07, 6.45) is 0. The van der Waals surface area contributed by atoms with Gasteiger partial charge >= 0.3 is 5.97 Å². The fourth-order valence-electron chi connectivity index (χ4n) is 3.08. The fraction of sp³-hybridized carbons (Fsp3) is 0.211. The van der Waals surface area contributed by atoms with E-state index in [-0.39, 0.29) is 17.7 Å². The molecule has 0 bridgehead atoms. The van der Waals surface area contributed by atoms with Gasteiger partial charge in [0.2, 0.25) is 0 Å². The second kappa shape index (κ2) is 6.99. The minimum absolute atomic E-state index is 0.126. The first kappa shape index (κ1) is 18.6. The molecule has 3 aromatic rings. The first-order valence-corrected chi connectivity index (χ1v) is 10.2. The van der Waals surface area contributed by atoms with Crippen LogP contribution in [0.2, 0.25) is 0 Å². The number of esters is 1. The average Bonchev–Trinajstić information content (AvgIpc) is 3.14. The van der Waals surface area contributed by atoms with E-state index < -0.39 is 5.97 Å². The third kappa shape index (κ3) is 2.87. The van der Waals surface area contributed by atoms with E-state index in [1.807, 2.05) is 6.92 Å². The molecule has 0 unspecified atom stereocenters. The average molecular weight is 413 g/mol.